The highest BCUT2D eigenvalue weighted by atomic mass is 35.5. The number of carbonyl (C=O) groups is 1. The zero-order valence-electron chi connectivity index (χ0n) is 13.6. The quantitative estimate of drug-likeness (QED) is 0.369. The molecule has 0 radical (unpaired) electrons. The first-order chi connectivity index (χ1) is 12.9. The standard InChI is InChI=1S/C18H12Cl3N3O2S/c19-10-1-4-12(5-2-10)22-18(27)24-23-17(25)16-8-7-15(26-16)13-9-11(20)3-6-14(13)21/h1-9H,(H,23,25)(H2,22,24,27). The summed E-state index contributed by atoms with van der Waals surface area (Å²) in [7, 11) is 0. The third-order valence-corrected chi connectivity index (χ3v) is 4.44. The maximum atomic E-state index is 12.2. The van der Waals surface area contributed by atoms with Gasteiger partial charge in [-0.2, -0.15) is 0 Å². The number of hydrogen-bond donors (Lipinski definition) is 3. The molecule has 0 spiro atoms. The zero-order chi connectivity index (χ0) is 19.4. The van der Waals surface area contributed by atoms with E-state index in [4.69, 9.17) is 51.4 Å². The lowest BCUT2D eigenvalue weighted by atomic mass is 10.2. The first-order valence-electron chi connectivity index (χ1n) is 7.60. The summed E-state index contributed by atoms with van der Waals surface area (Å²) in [6, 6.07) is 15.1. The molecule has 3 rings (SSSR count). The monoisotopic (exact) mass is 439 g/mol. The largest absolute Gasteiger partial charge is 0.451 e. The van der Waals surface area contributed by atoms with E-state index >= 15 is 0 Å². The third-order valence-electron chi connectivity index (χ3n) is 3.42. The summed E-state index contributed by atoms with van der Waals surface area (Å²) in [5.41, 5.74) is 6.36. The molecule has 0 aliphatic carbocycles. The minimum Gasteiger partial charge on any atom is -0.451 e. The van der Waals surface area contributed by atoms with Crippen molar-refractivity contribution >= 4 is 63.7 Å². The molecule has 0 aliphatic heterocycles. The number of rotatable bonds is 3. The van der Waals surface area contributed by atoms with E-state index < -0.39 is 5.91 Å². The Bertz CT molecular complexity index is 990. The van der Waals surface area contributed by atoms with Crippen molar-refractivity contribution in [3.8, 4) is 11.3 Å². The molecule has 3 N–H and O–H groups in total. The van der Waals surface area contributed by atoms with Crippen LogP contribution in [0.1, 0.15) is 10.6 Å². The molecule has 1 amide bonds. The number of nitrogens with one attached hydrogen (secondary N) is 3. The summed E-state index contributed by atoms with van der Waals surface area (Å²) in [5.74, 6) is 0.0111. The lowest BCUT2D eigenvalue weighted by Gasteiger charge is -2.10. The lowest BCUT2D eigenvalue weighted by molar-refractivity contribution is 0.0917. The summed E-state index contributed by atoms with van der Waals surface area (Å²) in [6.07, 6.45) is 0. The van der Waals surface area contributed by atoms with Crippen LogP contribution < -0.4 is 16.2 Å². The number of hydrogen-bond acceptors (Lipinski definition) is 3. The molecule has 0 unspecified atom stereocenters. The molecule has 3 aromatic rings. The smallest absolute Gasteiger partial charge is 0.305 e. The maximum absolute atomic E-state index is 12.2. The summed E-state index contributed by atoms with van der Waals surface area (Å²) in [6.45, 7) is 0. The Balaban J connectivity index is 1.60. The minimum absolute atomic E-state index is 0.0860. The van der Waals surface area contributed by atoms with Crippen LogP contribution in [0.3, 0.4) is 0 Å². The lowest BCUT2D eigenvalue weighted by Crippen LogP contribution is -2.43. The van der Waals surface area contributed by atoms with Gasteiger partial charge in [0.1, 0.15) is 5.76 Å². The van der Waals surface area contributed by atoms with Gasteiger partial charge in [-0.3, -0.25) is 15.6 Å². The number of anilines is 1. The highest BCUT2D eigenvalue weighted by molar-refractivity contribution is 7.80. The fourth-order valence-corrected chi connectivity index (χ4v) is 2.84. The van der Waals surface area contributed by atoms with Gasteiger partial charge in [0, 0.05) is 21.3 Å². The van der Waals surface area contributed by atoms with E-state index in [1.807, 2.05) is 0 Å². The highest BCUT2D eigenvalue weighted by Gasteiger charge is 2.14. The highest BCUT2D eigenvalue weighted by Crippen LogP contribution is 2.31. The first kappa shape index (κ1) is 19.5. The molecule has 0 saturated heterocycles. The van der Waals surface area contributed by atoms with Crippen molar-refractivity contribution in [1.29, 1.82) is 0 Å². The molecule has 1 heterocycles. The van der Waals surface area contributed by atoms with Crippen LogP contribution in [0.25, 0.3) is 11.3 Å². The molecule has 0 bridgehead atoms. The predicted molar refractivity (Wildman–Crippen MR) is 112 cm³/mol. The Morgan fingerprint density at radius 2 is 1.59 bits per heavy atom. The SMILES string of the molecule is O=C(NNC(=S)Nc1ccc(Cl)cc1)c1ccc(-c2cc(Cl)ccc2Cl)o1. The third kappa shape index (κ3) is 5.14. The van der Waals surface area contributed by atoms with Gasteiger partial charge in [-0.25, -0.2) is 0 Å². The number of halogens is 3. The molecule has 5 nitrogen and oxygen atoms in total. The van der Waals surface area contributed by atoms with Gasteiger partial charge in [-0.15, -0.1) is 0 Å². The average Bonchev–Trinajstić information content (AvgIpc) is 3.13. The molecular weight excluding hydrogens is 429 g/mol. The van der Waals surface area contributed by atoms with Crippen molar-refractivity contribution in [3.63, 3.8) is 0 Å². The van der Waals surface area contributed by atoms with Crippen molar-refractivity contribution < 1.29 is 9.21 Å². The summed E-state index contributed by atoms with van der Waals surface area (Å²) in [5, 5.41) is 4.70. The van der Waals surface area contributed by atoms with E-state index in [1.165, 1.54) is 6.07 Å². The van der Waals surface area contributed by atoms with Gasteiger partial charge < -0.3 is 9.73 Å². The fraction of sp³-hybridized carbons (Fsp3) is 0. The van der Waals surface area contributed by atoms with Crippen molar-refractivity contribution in [2.45, 2.75) is 0 Å². The maximum Gasteiger partial charge on any atom is 0.305 e. The second-order valence-electron chi connectivity index (χ2n) is 5.33. The summed E-state index contributed by atoms with van der Waals surface area (Å²) in [4.78, 5) is 12.2. The Morgan fingerprint density at radius 1 is 0.889 bits per heavy atom. The topological polar surface area (TPSA) is 66.3 Å². The van der Waals surface area contributed by atoms with Crippen LogP contribution in [0.2, 0.25) is 15.1 Å². The number of hydrazine groups is 1. The minimum atomic E-state index is -0.500. The Morgan fingerprint density at radius 3 is 2.33 bits per heavy atom. The molecule has 0 aliphatic rings. The van der Waals surface area contributed by atoms with Gasteiger partial charge in [0.2, 0.25) is 0 Å². The number of benzene rings is 2. The first-order valence-corrected chi connectivity index (χ1v) is 9.15. The molecule has 2 aromatic carbocycles. The van der Waals surface area contributed by atoms with E-state index in [0.29, 0.717) is 26.4 Å². The normalized spacial score (nSPS) is 10.3. The zero-order valence-corrected chi connectivity index (χ0v) is 16.6. The van der Waals surface area contributed by atoms with E-state index in [2.05, 4.69) is 16.2 Å². The fourth-order valence-electron chi connectivity index (χ4n) is 2.16. The molecule has 27 heavy (non-hydrogen) atoms. The molecule has 0 atom stereocenters. The Labute approximate surface area is 175 Å². The molecular formula is C18H12Cl3N3O2S. The number of furan rings is 1. The predicted octanol–water partition coefficient (Wildman–Crippen LogP) is 5.54. The van der Waals surface area contributed by atoms with Gasteiger partial charge >= 0.3 is 5.91 Å². The molecule has 138 valence electrons. The Hall–Kier alpha value is -2.25. The van der Waals surface area contributed by atoms with Gasteiger partial charge in [0.05, 0.1) is 5.02 Å². The molecule has 0 saturated carbocycles. The van der Waals surface area contributed by atoms with Gasteiger partial charge in [-0.05, 0) is 66.8 Å². The van der Waals surface area contributed by atoms with E-state index in [-0.39, 0.29) is 10.9 Å². The number of carbonyl (C=O) groups excluding carboxylic acids is 1. The van der Waals surface area contributed by atoms with Crippen molar-refractivity contribution in [2.24, 2.45) is 0 Å². The summed E-state index contributed by atoms with van der Waals surface area (Å²) < 4.78 is 5.56. The molecule has 1 aromatic heterocycles. The second-order valence-corrected chi connectivity index (χ2v) is 7.02. The number of thiocarbonyl (C=S) groups is 1. The van der Waals surface area contributed by atoms with Gasteiger partial charge in [-0.1, -0.05) is 34.8 Å². The van der Waals surface area contributed by atoms with Gasteiger partial charge in [0.25, 0.3) is 0 Å². The Kier molecular flexibility index (Phi) is 6.23. The van der Waals surface area contributed by atoms with Gasteiger partial charge in [0.15, 0.2) is 10.9 Å². The molecule has 9 heteroatoms. The van der Waals surface area contributed by atoms with Crippen molar-refractivity contribution in [2.75, 3.05) is 5.32 Å². The van der Waals surface area contributed by atoms with Crippen LogP contribution in [0.15, 0.2) is 59.0 Å². The van der Waals surface area contributed by atoms with Crippen LogP contribution >= 0.6 is 47.0 Å². The summed E-state index contributed by atoms with van der Waals surface area (Å²) >= 11 is 23.1. The van der Waals surface area contributed by atoms with Crippen molar-refractivity contribution in [3.05, 3.63) is 75.4 Å². The van der Waals surface area contributed by atoms with Crippen LogP contribution in [-0.4, -0.2) is 11.0 Å². The van der Waals surface area contributed by atoms with Crippen LogP contribution in [0.5, 0.6) is 0 Å². The van der Waals surface area contributed by atoms with Crippen LogP contribution in [0, 0.1) is 0 Å². The van der Waals surface area contributed by atoms with Crippen LogP contribution in [0.4, 0.5) is 5.69 Å². The van der Waals surface area contributed by atoms with E-state index in [0.717, 1.165) is 5.69 Å². The van der Waals surface area contributed by atoms with E-state index in [9.17, 15) is 4.79 Å². The average molecular weight is 441 g/mol. The van der Waals surface area contributed by atoms with Crippen molar-refractivity contribution in [1.82, 2.24) is 10.9 Å². The number of amides is 1. The van der Waals surface area contributed by atoms with Crippen LogP contribution in [-0.2, 0) is 0 Å². The second kappa shape index (κ2) is 8.63. The molecule has 0 fully saturated rings. The van der Waals surface area contributed by atoms with E-state index in [1.54, 1.807) is 48.5 Å².